The molecule has 2 rings (SSSR count). The number of amides is 1. The van der Waals surface area contributed by atoms with Crippen molar-refractivity contribution in [3.63, 3.8) is 0 Å². The van der Waals surface area contributed by atoms with Crippen LogP contribution >= 0.6 is 15.9 Å². The van der Waals surface area contributed by atoms with Crippen molar-refractivity contribution in [2.24, 2.45) is 5.92 Å². The normalized spacial score (nSPS) is 19.7. The van der Waals surface area contributed by atoms with Gasteiger partial charge in [-0.25, -0.2) is 4.79 Å². The van der Waals surface area contributed by atoms with E-state index in [0.29, 0.717) is 13.0 Å². The highest BCUT2D eigenvalue weighted by Gasteiger charge is 2.31. The Morgan fingerprint density at radius 2 is 2.18 bits per heavy atom. The summed E-state index contributed by atoms with van der Waals surface area (Å²) in [5.41, 5.74) is 1.09. The summed E-state index contributed by atoms with van der Waals surface area (Å²) in [5.74, 6) is -1.16. The molecule has 1 aromatic rings. The number of halogens is 1. The fraction of sp³-hybridized carbons (Fsp3) is 0.500. The molecule has 0 radical (unpaired) electrons. The Morgan fingerprint density at radius 1 is 1.45 bits per heavy atom. The van der Waals surface area contributed by atoms with E-state index in [1.54, 1.807) is 4.90 Å². The Balaban J connectivity index is 2.05. The third kappa shape index (κ3) is 4.08. The zero-order valence-corrected chi connectivity index (χ0v) is 14.1. The molecule has 6 heteroatoms. The molecule has 22 heavy (non-hydrogen) atoms. The van der Waals surface area contributed by atoms with Gasteiger partial charge < -0.3 is 14.7 Å². The molecule has 0 aliphatic carbocycles. The molecular formula is C16H20BrNO4. The van der Waals surface area contributed by atoms with E-state index < -0.39 is 12.1 Å². The average molecular weight is 370 g/mol. The summed E-state index contributed by atoms with van der Waals surface area (Å²) in [6, 6.07) is 7.85. The Morgan fingerprint density at radius 3 is 2.82 bits per heavy atom. The number of carboxylic acid groups (broad SMARTS) is 1. The van der Waals surface area contributed by atoms with E-state index in [4.69, 9.17) is 9.84 Å². The minimum Gasteiger partial charge on any atom is -0.479 e. The van der Waals surface area contributed by atoms with Crippen LogP contribution in [0, 0.1) is 5.92 Å². The number of nitrogens with zero attached hydrogens (tertiary/aromatic N) is 1. The zero-order valence-electron chi connectivity index (χ0n) is 12.5. The number of carboxylic acids is 1. The molecule has 0 unspecified atom stereocenters. The predicted molar refractivity (Wildman–Crippen MR) is 85.6 cm³/mol. The van der Waals surface area contributed by atoms with E-state index in [0.717, 1.165) is 16.5 Å². The number of ether oxygens (including phenoxy) is 1. The third-order valence-electron chi connectivity index (χ3n) is 3.92. The van der Waals surface area contributed by atoms with E-state index >= 15 is 0 Å². The molecule has 0 bridgehead atoms. The molecule has 1 aliphatic heterocycles. The first-order valence-electron chi connectivity index (χ1n) is 7.39. The van der Waals surface area contributed by atoms with Gasteiger partial charge in [0.15, 0.2) is 6.10 Å². The maximum Gasteiger partial charge on any atom is 0.334 e. The Hall–Kier alpha value is -1.40. The van der Waals surface area contributed by atoms with Gasteiger partial charge in [0.25, 0.3) is 0 Å². The lowest BCUT2D eigenvalue weighted by molar-refractivity contribution is -0.160. The standard InChI is InChI=1S/C16H20BrNO4/c1-2-11(9-12-5-3-4-6-13(12)17)15(19)18-7-8-22-14(10-18)16(20)21/h3-6,11,14H,2,7-10H2,1H3,(H,20,21)/t11-,14-/m1/s1. The van der Waals surface area contributed by atoms with Crippen molar-refractivity contribution in [1.82, 2.24) is 4.90 Å². The Labute approximate surface area is 138 Å². The van der Waals surface area contributed by atoms with Crippen molar-refractivity contribution in [2.75, 3.05) is 19.7 Å². The SMILES string of the molecule is CC[C@H](Cc1ccccc1Br)C(=O)N1CCO[C@@H](C(=O)O)C1. The van der Waals surface area contributed by atoms with E-state index in [2.05, 4.69) is 15.9 Å². The summed E-state index contributed by atoms with van der Waals surface area (Å²) in [4.78, 5) is 25.3. The molecule has 1 saturated heterocycles. The number of aliphatic carboxylic acids is 1. The number of carbonyl (C=O) groups is 2. The highest BCUT2D eigenvalue weighted by molar-refractivity contribution is 9.10. The fourth-order valence-corrected chi connectivity index (χ4v) is 3.04. The van der Waals surface area contributed by atoms with E-state index in [-0.39, 0.29) is 25.0 Å². The predicted octanol–water partition coefficient (Wildman–Crippen LogP) is 2.33. The Kier molecular flexibility index (Phi) is 5.97. The topological polar surface area (TPSA) is 66.8 Å². The van der Waals surface area contributed by atoms with E-state index in [1.165, 1.54) is 0 Å². The number of carbonyl (C=O) groups excluding carboxylic acids is 1. The van der Waals surface area contributed by atoms with Gasteiger partial charge in [0.2, 0.25) is 5.91 Å². The smallest absolute Gasteiger partial charge is 0.334 e. The van der Waals surface area contributed by atoms with Gasteiger partial charge in [0.05, 0.1) is 13.2 Å². The van der Waals surface area contributed by atoms with E-state index in [9.17, 15) is 9.59 Å². The first-order valence-corrected chi connectivity index (χ1v) is 8.18. The number of benzene rings is 1. The molecule has 0 saturated carbocycles. The lowest BCUT2D eigenvalue weighted by Gasteiger charge is -2.33. The van der Waals surface area contributed by atoms with Gasteiger partial charge in [0, 0.05) is 16.9 Å². The molecule has 0 spiro atoms. The van der Waals surface area contributed by atoms with Gasteiger partial charge in [-0.2, -0.15) is 0 Å². The molecular weight excluding hydrogens is 350 g/mol. The quantitative estimate of drug-likeness (QED) is 0.864. The van der Waals surface area contributed by atoms with Crippen LogP contribution < -0.4 is 0 Å². The second kappa shape index (κ2) is 7.74. The molecule has 1 aromatic carbocycles. The molecule has 1 amide bonds. The highest BCUT2D eigenvalue weighted by atomic mass is 79.9. The largest absolute Gasteiger partial charge is 0.479 e. The van der Waals surface area contributed by atoms with Crippen LogP contribution in [0.25, 0.3) is 0 Å². The van der Waals surface area contributed by atoms with Gasteiger partial charge >= 0.3 is 5.97 Å². The number of rotatable bonds is 5. The maximum absolute atomic E-state index is 12.7. The zero-order chi connectivity index (χ0) is 16.1. The fourth-order valence-electron chi connectivity index (χ4n) is 2.59. The lowest BCUT2D eigenvalue weighted by Crippen LogP contribution is -2.50. The van der Waals surface area contributed by atoms with Crippen LogP contribution in [0.4, 0.5) is 0 Å². The molecule has 1 aliphatic rings. The number of hydrogen-bond donors (Lipinski definition) is 1. The second-order valence-corrected chi connectivity index (χ2v) is 6.24. The van der Waals surface area contributed by atoms with Crippen LogP contribution in [0.15, 0.2) is 28.7 Å². The summed E-state index contributed by atoms with van der Waals surface area (Å²) in [6.45, 7) is 2.83. The van der Waals surface area contributed by atoms with Crippen LogP contribution in [0.1, 0.15) is 18.9 Å². The van der Waals surface area contributed by atoms with Crippen LogP contribution in [-0.2, 0) is 20.7 Å². The summed E-state index contributed by atoms with van der Waals surface area (Å²) >= 11 is 3.51. The van der Waals surface area contributed by atoms with Crippen molar-refractivity contribution < 1.29 is 19.4 Å². The molecule has 0 aromatic heterocycles. The summed E-state index contributed by atoms with van der Waals surface area (Å²) in [7, 11) is 0. The monoisotopic (exact) mass is 369 g/mol. The molecule has 1 N–H and O–H groups in total. The van der Waals surface area contributed by atoms with Gasteiger partial charge in [-0.15, -0.1) is 0 Å². The van der Waals surface area contributed by atoms with E-state index in [1.807, 2.05) is 31.2 Å². The molecule has 120 valence electrons. The summed E-state index contributed by atoms with van der Waals surface area (Å²) in [5, 5.41) is 9.04. The average Bonchev–Trinajstić information content (AvgIpc) is 2.53. The second-order valence-electron chi connectivity index (χ2n) is 5.38. The molecule has 5 nitrogen and oxygen atoms in total. The summed E-state index contributed by atoms with van der Waals surface area (Å²) in [6.07, 6.45) is 0.444. The third-order valence-corrected chi connectivity index (χ3v) is 4.69. The van der Waals surface area contributed by atoms with Gasteiger partial charge in [-0.05, 0) is 24.5 Å². The minimum atomic E-state index is -1.02. The van der Waals surface area contributed by atoms with Gasteiger partial charge in [-0.1, -0.05) is 41.1 Å². The van der Waals surface area contributed by atoms with Crippen molar-refractivity contribution in [2.45, 2.75) is 25.9 Å². The number of hydrogen-bond acceptors (Lipinski definition) is 3. The van der Waals surface area contributed by atoms with Crippen LogP contribution in [0.2, 0.25) is 0 Å². The van der Waals surface area contributed by atoms with Gasteiger partial charge in [-0.3, -0.25) is 4.79 Å². The maximum atomic E-state index is 12.7. The first-order chi connectivity index (χ1) is 10.5. The van der Waals surface area contributed by atoms with Crippen molar-refractivity contribution in [3.05, 3.63) is 34.3 Å². The molecule has 1 heterocycles. The van der Waals surface area contributed by atoms with Gasteiger partial charge in [0.1, 0.15) is 0 Å². The minimum absolute atomic E-state index is 0.00723. The molecule has 1 fully saturated rings. The van der Waals surface area contributed by atoms with Crippen LogP contribution in [-0.4, -0.2) is 47.7 Å². The first kappa shape index (κ1) is 17.0. The summed E-state index contributed by atoms with van der Waals surface area (Å²) < 4.78 is 6.16. The van der Waals surface area contributed by atoms with Crippen molar-refractivity contribution in [3.8, 4) is 0 Å². The Bertz CT molecular complexity index is 549. The van der Waals surface area contributed by atoms with Crippen molar-refractivity contribution >= 4 is 27.8 Å². The number of morpholine rings is 1. The lowest BCUT2D eigenvalue weighted by atomic mass is 9.95. The van der Waals surface area contributed by atoms with Crippen molar-refractivity contribution in [1.29, 1.82) is 0 Å². The van der Waals surface area contributed by atoms with Crippen LogP contribution in [0.5, 0.6) is 0 Å². The van der Waals surface area contributed by atoms with Crippen LogP contribution in [0.3, 0.4) is 0 Å². The molecule has 2 atom stereocenters. The highest BCUT2D eigenvalue weighted by Crippen LogP contribution is 2.23.